The molecule has 2 aromatic carbocycles. The van der Waals surface area contributed by atoms with Gasteiger partial charge in [-0.15, -0.1) is 0 Å². The van der Waals surface area contributed by atoms with E-state index in [0.717, 1.165) is 11.1 Å². The summed E-state index contributed by atoms with van der Waals surface area (Å²) in [6.07, 6.45) is 0. The molecule has 144 valence electrons. The molecule has 8 heteroatoms. The van der Waals surface area contributed by atoms with Gasteiger partial charge >= 0.3 is 5.97 Å². The number of amides is 1. The second-order valence-electron chi connectivity index (χ2n) is 6.14. The zero-order valence-corrected chi connectivity index (χ0v) is 16.2. The number of rotatable bonds is 7. The minimum atomic E-state index is -3.75. The second-order valence-corrected chi connectivity index (χ2v) is 7.82. The van der Waals surface area contributed by atoms with Crippen molar-refractivity contribution in [3.8, 4) is 0 Å². The van der Waals surface area contributed by atoms with Crippen LogP contribution in [-0.4, -0.2) is 43.4 Å². The molecule has 0 aromatic heterocycles. The van der Waals surface area contributed by atoms with Crippen LogP contribution in [0.25, 0.3) is 0 Å². The third-order valence-electron chi connectivity index (χ3n) is 4.17. The molecular weight excluding hydrogens is 368 g/mol. The number of hydrogen-bond acceptors (Lipinski definition) is 4. The molecule has 2 aromatic rings. The Labute approximate surface area is 158 Å². The summed E-state index contributed by atoms with van der Waals surface area (Å²) < 4.78 is 27.5. The first-order valence-corrected chi connectivity index (χ1v) is 9.83. The SMILES string of the molecule is CCN(CC(=O)O)C(=O)c1ccc(NS(=O)(=O)c2ccc(C)c(C)c2)cc1. The predicted molar refractivity (Wildman–Crippen MR) is 102 cm³/mol. The van der Waals surface area contributed by atoms with Gasteiger partial charge in [-0.1, -0.05) is 6.07 Å². The average Bonchev–Trinajstić information content (AvgIpc) is 2.61. The Balaban J connectivity index is 2.18. The van der Waals surface area contributed by atoms with Crippen molar-refractivity contribution in [3.63, 3.8) is 0 Å². The summed E-state index contributed by atoms with van der Waals surface area (Å²) in [5.74, 6) is -1.52. The van der Waals surface area contributed by atoms with Crippen LogP contribution in [0.1, 0.15) is 28.4 Å². The largest absolute Gasteiger partial charge is 0.480 e. The summed E-state index contributed by atoms with van der Waals surface area (Å²) in [5, 5.41) is 8.86. The first-order chi connectivity index (χ1) is 12.6. The molecule has 0 aliphatic rings. The van der Waals surface area contributed by atoms with E-state index in [4.69, 9.17) is 5.11 Å². The lowest BCUT2D eigenvalue weighted by Crippen LogP contribution is -2.35. The summed E-state index contributed by atoms with van der Waals surface area (Å²) >= 11 is 0. The zero-order valence-electron chi connectivity index (χ0n) is 15.4. The Hall–Kier alpha value is -2.87. The number of carboxylic acids is 1. The van der Waals surface area contributed by atoms with Crippen molar-refractivity contribution in [1.82, 2.24) is 4.90 Å². The first-order valence-electron chi connectivity index (χ1n) is 8.35. The highest BCUT2D eigenvalue weighted by Crippen LogP contribution is 2.19. The molecule has 0 radical (unpaired) electrons. The monoisotopic (exact) mass is 390 g/mol. The maximum Gasteiger partial charge on any atom is 0.323 e. The van der Waals surface area contributed by atoms with Crippen LogP contribution in [0, 0.1) is 13.8 Å². The molecule has 2 rings (SSSR count). The highest BCUT2D eigenvalue weighted by molar-refractivity contribution is 7.92. The van der Waals surface area contributed by atoms with E-state index < -0.39 is 28.4 Å². The maximum atomic E-state index is 12.5. The number of carboxylic acid groups (broad SMARTS) is 1. The minimum absolute atomic E-state index is 0.157. The first kappa shape index (κ1) is 20.4. The van der Waals surface area contributed by atoms with Gasteiger partial charge in [-0.05, 0) is 68.3 Å². The van der Waals surface area contributed by atoms with Crippen molar-refractivity contribution in [3.05, 3.63) is 59.2 Å². The number of carbonyl (C=O) groups is 2. The fourth-order valence-corrected chi connectivity index (χ4v) is 3.59. The van der Waals surface area contributed by atoms with E-state index >= 15 is 0 Å². The number of sulfonamides is 1. The Morgan fingerprint density at radius 3 is 2.19 bits per heavy atom. The Kier molecular flexibility index (Phi) is 6.22. The van der Waals surface area contributed by atoms with Gasteiger partial charge in [0.2, 0.25) is 0 Å². The molecule has 2 N–H and O–H groups in total. The van der Waals surface area contributed by atoms with Gasteiger partial charge < -0.3 is 10.0 Å². The maximum absolute atomic E-state index is 12.5. The quantitative estimate of drug-likeness (QED) is 0.756. The van der Waals surface area contributed by atoms with E-state index in [-0.39, 0.29) is 17.0 Å². The lowest BCUT2D eigenvalue weighted by Gasteiger charge is -2.18. The molecule has 0 heterocycles. The molecule has 0 unspecified atom stereocenters. The smallest absolute Gasteiger partial charge is 0.323 e. The van der Waals surface area contributed by atoms with Gasteiger partial charge in [0.15, 0.2) is 0 Å². The van der Waals surface area contributed by atoms with Gasteiger partial charge in [0.25, 0.3) is 15.9 Å². The van der Waals surface area contributed by atoms with Crippen molar-refractivity contribution in [1.29, 1.82) is 0 Å². The van der Waals surface area contributed by atoms with Crippen molar-refractivity contribution in [2.75, 3.05) is 17.8 Å². The summed E-state index contributed by atoms with van der Waals surface area (Å²) in [6.45, 7) is 5.29. The van der Waals surface area contributed by atoms with Crippen LogP contribution >= 0.6 is 0 Å². The predicted octanol–water partition coefficient (Wildman–Crippen LogP) is 2.65. The van der Waals surface area contributed by atoms with Gasteiger partial charge in [-0.3, -0.25) is 14.3 Å². The van der Waals surface area contributed by atoms with Crippen molar-refractivity contribution >= 4 is 27.6 Å². The van der Waals surface area contributed by atoms with Crippen LogP contribution in [0.2, 0.25) is 0 Å². The Bertz CT molecular complexity index is 953. The molecule has 27 heavy (non-hydrogen) atoms. The standard InChI is InChI=1S/C19H22N2O5S/c1-4-21(12-18(22)23)19(24)15-6-8-16(9-7-15)20-27(25,26)17-10-5-13(2)14(3)11-17/h5-11,20H,4,12H2,1-3H3,(H,22,23). The fraction of sp³-hybridized carbons (Fsp3) is 0.263. The van der Waals surface area contributed by atoms with E-state index in [1.54, 1.807) is 19.1 Å². The van der Waals surface area contributed by atoms with E-state index in [2.05, 4.69) is 4.72 Å². The lowest BCUT2D eigenvalue weighted by molar-refractivity contribution is -0.137. The third kappa shape index (κ3) is 5.07. The van der Waals surface area contributed by atoms with Crippen molar-refractivity contribution in [2.24, 2.45) is 0 Å². The third-order valence-corrected chi connectivity index (χ3v) is 5.55. The number of nitrogens with zero attached hydrogens (tertiary/aromatic N) is 1. The van der Waals surface area contributed by atoms with E-state index in [1.807, 2.05) is 13.8 Å². The number of likely N-dealkylation sites (N-methyl/N-ethyl adjacent to an activating group) is 1. The van der Waals surface area contributed by atoms with Gasteiger partial charge in [0.1, 0.15) is 6.54 Å². The van der Waals surface area contributed by atoms with Gasteiger partial charge in [-0.25, -0.2) is 8.42 Å². The van der Waals surface area contributed by atoms with Crippen molar-refractivity contribution < 1.29 is 23.1 Å². The second kappa shape index (κ2) is 8.22. The van der Waals surface area contributed by atoms with Crippen LogP contribution in [0.5, 0.6) is 0 Å². The number of benzene rings is 2. The van der Waals surface area contributed by atoms with E-state index in [0.29, 0.717) is 5.69 Å². The van der Waals surface area contributed by atoms with E-state index in [1.165, 1.54) is 35.2 Å². The summed E-state index contributed by atoms with van der Waals surface area (Å²) in [7, 11) is -3.75. The van der Waals surface area contributed by atoms with Crippen LogP contribution < -0.4 is 4.72 Å². The molecular formula is C19H22N2O5S. The summed E-state index contributed by atoms with van der Waals surface area (Å²) in [5.41, 5.74) is 2.47. The molecule has 0 spiro atoms. The fourth-order valence-electron chi connectivity index (χ4n) is 2.45. The van der Waals surface area contributed by atoms with Crippen LogP contribution in [0.15, 0.2) is 47.4 Å². The number of aliphatic carboxylic acids is 1. The molecule has 1 amide bonds. The zero-order chi connectivity index (χ0) is 20.2. The van der Waals surface area contributed by atoms with Crippen LogP contribution in [0.3, 0.4) is 0 Å². The molecule has 0 bridgehead atoms. The molecule has 0 atom stereocenters. The minimum Gasteiger partial charge on any atom is -0.480 e. The Morgan fingerprint density at radius 2 is 1.67 bits per heavy atom. The summed E-state index contributed by atoms with van der Waals surface area (Å²) in [6, 6.07) is 10.7. The topological polar surface area (TPSA) is 104 Å². The molecule has 7 nitrogen and oxygen atoms in total. The van der Waals surface area contributed by atoms with Gasteiger partial charge in [-0.2, -0.15) is 0 Å². The highest BCUT2D eigenvalue weighted by Gasteiger charge is 2.18. The number of hydrogen-bond donors (Lipinski definition) is 2. The van der Waals surface area contributed by atoms with Gasteiger partial charge in [0, 0.05) is 17.8 Å². The number of anilines is 1. The number of aryl methyl sites for hydroxylation is 2. The lowest BCUT2D eigenvalue weighted by atomic mass is 10.1. The highest BCUT2D eigenvalue weighted by atomic mass is 32.2. The molecule has 0 fully saturated rings. The molecule has 0 saturated carbocycles. The number of nitrogens with one attached hydrogen (secondary N) is 1. The molecule has 0 aliphatic heterocycles. The van der Waals surface area contributed by atoms with Crippen LogP contribution in [-0.2, 0) is 14.8 Å². The Morgan fingerprint density at radius 1 is 1.04 bits per heavy atom. The normalized spacial score (nSPS) is 11.1. The molecule has 0 saturated heterocycles. The van der Waals surface area contributed by atoms with Crippen molar-refractivity contribution in [2.45, 2.75) is 25.7 Å². The average molecular weight is 390 g/mol. The van der Waals surface area contributed by atoms with E-state index in [9.17, 15) is 18.0 Å². The van der Waals surface area contributed by atoms with Crippen LogP contribution in [0.4, 0.5) is 5.69 Å². The van der Waals surface area contributed by atoms with Gasteiger partial charge in [0.05, 0.1) is 4.90 Å². The summed E-state index contributed by atoms with van der Waals surface area (Å²) in [4.78, 5) is 24.5. The molecule has 0 aliphatic carbocycles. The number of carbonyl (C=O) groups excluding carboxylic acids is 1.